The molecule has 1 aliphatic rings. The molecule has 0 aliphatic heterocycles. The molecular weight excluding hydrogens is 208 g/mol. The fourth-order valence-electron chi connectivity index (χ4n) is 2.64. The number of hydrogen-bond donors (Lipinski definition) is 1. The Morgan fingerprint density at radius 1 is 1.24 bits per heavy atom. The van der Waals surface area contributed by atoms with Crippen molar-refractivity contribution in [2.24, 2.45) is 5.92 Å². The minimum atomic E-state index is 0.548. The third kappa shape index (κ3) is 3.00. The summed E-state index contributed by atoms with van der Waals surface area (Å²) in [5.41, 5.74) is 1.75. The molecule has 0 spiro atoms. The molecule has 0 radical (unpaired) electrons. The van der Waals surface area contributed by atoms with Crippen LogP contribution in [0.4, 0.5) is 5.69 Å². The number of para-hydroxylation sites is 1. The number of hydrogen-bond acceptors (Lipinski definition) is 2. The van der Waals surface area contributed by atoms with E-state index in [0.29, 0.717) is 6.04 Å². The highest BCUT2D eigenvalue weighted by molar-refractivity contribution is 5.57. The molecule has 1 saturated carbocycles. The second-order valence-electron chi connectivity index (χ2n) is 4.93. The second kappa shape index (κ2) is 5.72. The molecule has 0 atom stereocenters. The Balaban J connectivity index is 1.96. The molecule has 1 N–H and O–H groups in total. The third-order valence-electron chi connectivity index (χ3n) is 3.83. The molecule has 2 heteroatoms. The molecule has 1 aliphatic carbocycles. The summed E-state index contributed by atoms with van der Waals surface area (Å²) in [6, 6.07) is 10.6. The predicted molar refractivity (Wildman–Crippen MR) is 70.8 cm³/mol. The highest BCUT2D eigenvalue weighted by Gasteiger charge is 2.20. The lowest BCUT2D eigenvalue weighted by Crippen LogP contribution is -2.26. The van der Waals surface area contributed by atoms with Crippen molar-refractivity contribution < 1.29 is 0 Å². The van der Waals surface area contributed by atoms with Crippen LogP contribution in [0, 0.1) is 17.2 Å². The van der Waals surface area contributed by atoms with E-state index in [1.807, 2.05) is 24.3 Å². The predicted octanol–water partition coefficient (Wildman–Crippen LogP) is 3.94. The van der Waals surface area contributed by atoms with Crippen LogP contribution in [0.25, 0.3) is 0 Å². The van der Waals surface area contributed by atoms with Crippen molar-refractivity contribution in [3.8, 4) is 6.07 Å². The van der Waals surface area contributed by atoms with Crippen molar-refractivity contribution in [2.45, 2.75) is 45.1 Å². The number of nitriles is 1. The van der Waals surface area contributed by atoms with Crippen molar-refractivity contribution in [1.29, 1.82) is 5.26 Å². The van der Waals surface area contributed by atoms with Crippen molar-refractivity contribution >= 4 is 5.69 Å². The SMILES string of the molecule is CCC1CCC(Nc2ccccc2C#N)CC1. The van der Waals surface area contributed by atoms with Gasteiger partial charge in [-0.2, -0.15) is 5.26 Å². The van der Waals surface area contributed by atoms with Gasteiger partial charge in [0.05, 0.1) is 11.3 Å². The zero-order valence-electron chi connectivity index (χ0n) is 10.4. The fraction of sp³-hybridized carbons (Fsp3) is 0.533. The van der Waals surface area contributed by atoms with Crippen LogP contribution in [-0.4, -0.2) is 6.04 Å². The third-order valence-corrected chi connectivity index (χ3v) is 3.83. The van der Waals surface area contributed by atoms with Gasteiger partial charge in [0.2, 0.25) is 0 Å². The van der Waals surface area contributed by atoms with E-state index >= 15 is 0 Å². The van der Waals surface area contributed by atoms with Gasteiger partial charge in [-0.05, 0) is 43.7 Å². The largest absolute Gasteiger partial charge is 0.381 e. The number of benzene rings is 1. The first-order valence-electron chi connectivity index (χ1n) is 6.59. The van der Waals surface area contributed by atoms with Gasteiger partial charge < -0.3 is 5.32 Å². The highest BCUT2D eigenvalue weighted by Crippen LogP contribution is 2.29. The highest BCUT2D eigenvalue weighted by atomic mass is 14.9. The van der Waals surface area contributed by atoms with E-state index in [0.717, 1.165) is 17.2 Å². The summed E-state index contributed by atoms with van der Waals surface area (Å²) in [5, 5.41) is 12.6. The molecule has 0 unspecified atom stereocenters. The second-order valence-corrected chi connectivity index (χ2v) is 4.93. The molecule has 1 aromatic carbocycles. The van der Waals surface area contributed by atoms with Gasteiger partial charge >= 0.3 is 0 Å². The van der Waals surface area contributed by atoms with Gasteiger partial charge in [-0.1, -0.05) is 25.5 Å². The van der Waals surface area contributed by atoms with Crippen LogP contribution in [0.15, 0.2) is 24.3 Å². The zero-order chi connectivity index (χ0) is 12.1. The van der Waals surface area contributed by atoms with Crippen LogP contribution in [0.5, 0.6) is 0 Å². The summed E-state index contributed by atoms with van der Waals surface area (Å²) in [6.45, 7) is 2.28. The summed E-state index contributed by atoms with van der Waals surface area (Å²) in [4.78, 5) is 0. The van der Waals surface area contributed by atoms with Gasteiger partial charge in [0.1, 0.15) is 6.07 Å². The minimum absolute atomic E-state index is 0.548. The standard InChI is InChI=1S/C15H20N2/c1-2-12-7-9-14(10-8-12)17-15-6-4-3-5-13(15)11-16/h3-6,12,14,17H,2,7-10H2,1H3. The number of nitrogens with zero attached hydrogens (tertiary/aromatic N) is 1. The minimum Gasteiger partial charge on any atom is -0.381 e. The van der Waals surface area contributed by atoms with E-state index < -0.39 is 0 Å². The quantitative estimate of drug-likeness (QED) is 0.850. The van der Waals surface area contributed by atoms with Crippen LogP contribution < -0.4 is 5.32 Å². The smallest absolute Gasteiger partial charge is 0.101 e. The molecule has 2 rings (SSSR count). The van der Waals surface area contributed by atoms with E-state index in [1.165, 1.54) is 32.1 Å². The maximum absolute atomic E-state index is 9.04. The molecule has 1 aromatic rings. The summed E-state index contributed by atoms with van der Waals surface area (Å²) in [6.07, 6.45) is 6.42. The summed E-state index contributed by atoms with van der Waals surface area (Å²) in [5.74, 6) is 0.916. The van der Waals surface area contributed by atoms with E-state index in [9.17, 15) is 0 Å². The molecule has 90 valence electrons. The Bertz CT molecular complexity index is 398. The fourth-order valence-corrected chi connectivity index (χ4v) is 2.64. The summed E-state index contributed by atoms with van der Waals surface area (Å²) in [7, 11) is 0. The number of nitrogens with one attached hydrogen (secondary N) is 1. The lowest BCUT2D eigenvalue weighted by Gasteiger charge is -2.29. The van der Waals surface area contributed by atoms with Gasteiger partial charge in [0.15, 0.2) is 0 Å². The first-order valence-corrected chi connectivity index (χ1v) is 6.59. The van der Waals surface area contributed by atoms with Crippen molar-refractivity contribution in [1.82, 2.24) is 0 Å². The lowest BCUT2D eigenvalue weighted by molar-refractivity contribution is 0.330. The maximum atomic E-state index is 9.04. The average Bonchev–Trinajstić information content (AvgIpc) is 2.40. The van der Waals surface area contributed by atoms with Crippen LogP contribution >= 0.6 is 0 Å². The molecule has 17 heavy (non-hydrogen) atoms. The average molecular weight is 228 g/mol. The Labute approximate surface area is 104 Å². The van der Waals surface area contributed by atoms with E-state index in [4.69, 9.17) is 5.26 Å². The van der Waals surface area contributed by atoms with Crippen molar-refractivity contribution in [3.05, 3.63) is 29.8 Å². The maximum Gasteiger partial charge on any atom is 0.101 e. The van der Waals surface area contributed by atoms with Gasteiger partial charge in [0, 0.05) is 6.04 Å². The Kier molecular flexibility index (Phi) is 4.03. The van der Waals surface area contributed by atoms with E-state index in [2.05, 4.69) is 18.3 Å². The molecule has 0 saturated heterocycles. The van der Waals surface area contributed by atoms with Gasteiger partial charge in [-0.15, -0.1) is 0 Å². The Morgan fingerprint density at radius 3 is 2.59 bits per heavy atom. The molecule has 0 heterocycles. The van der Waals surface area contributed by atoms with Crippen molar-refractivity contribution in [2.75, 3.05) is 5.32 Å². The van der Waals surface area contributed by atoms with Crippen molar-refractivity contribution in [3.63, 3.8) is 0 Å². The molecule has 1 fully saturated rings. The molecule has 0 aromatic heterocycles. The lowest BCUT2D eigenvalue weighted by atomic mass is 9.84. The normalized spacial score (nSPS) is 24.0. The van der Waals surface area contributed by atoms with Gasteiger partial charge in [0.25, 0.3) is 0 Å². The monoisotopic (exact) mass is 228 g/mol. The first-order chi connectivity index (χ1) is 8.33. The molecular formula is C15H20N2. The Morgan fingerprint density at radius 2 is 1.94 bits per heavy atom. The number of anilines is 1. The van der Waals surface area contributed by atoms with Gasteiger partial charge in [-0.25, -0.2) is 0 Å². The zero-order valence-corrected chi connectivity index (χ0v) is 10.4. The molecule has 2 nitrogen and oxygen atoms in total. The first kappa shape index (κ1) is 12.0. The van der Waals surface area contributed by atoms with Gasteiger partial charge in [-0.3, -0.25) is 0 Å². The summed E-state index contributed by atoms with van der Waals surface area (Å²) < 4.78 is 0. The summed E-state index contributed by atoms with van der Waals surface area (Å²) >= 11 is 0. The molecule has 0 amide bonds. The Hall–Kier alpha value is -1.49. The number of rotatable bonds is 3. The van der Waals surface area contributed by atoms with Crippen LogP contribution in [0.1, 0.15) is 44.6 Å². The van der Waals surface area contributed by atoms with Crippen LogP contribution in [-0.2, 0) is 0 Å². The van der Waals surface area contributed by atoms with E-state index in [1.54, 1.807) is 0 Å². The van der Waals surface area contributed by atoms with E-state index in [-0.39, 0.29) is 0 Å². The molecule has 0 bridgehead atoms. The van der Waals surface area contributed by atoms with Crippen LogP contribution in [0.2, 0.25) is 0 Å². The van der Waals surface area contributed by atoms with Crippen LogP contribution in [0.3, 0.4) is 0 Å². The topological polar surface area (TPSA) is 35.8 Å².